The van der Waals surface area contributed by atoms with Gasteiger partial charge in [0.1, 0.15) is 11.3 Å². The van der Waals surface area contributed by atoms with Crippen LogP contribution in [0.15, 0.2) is 34.1 Å². The molecule has 20 heavy (non-hydrogen) atoms. The van der Waals surface area contributed by atoms with Gasteiger partial charge in [0.2, 0.25) is 0 Å². The first-order valence-electron chi connectivity index (χ1n) is 5.39. The van der Waals surface area contributed by atoms with Crippen molar-refractivity contribution in [1.82, 2.24) is 10.3 Å². The average Bonchev–Trinajstić information content (AvgIpc) is 2.90. The number of rotatable bonds is 4. The SMILES string of the molecule is COc1ccccc1C(=O)O/N=C(/N)c1nonc1N. The molecule has 4 N–H and O–H groups in total. The molecular weight excluding hydrogens is 266 g/mol. The van der Waals surface area contributed by atoms with Crippen molar-refractivity contribution in [2.75, 3.05) is 12.8 Å². The number of hydrogen-bond donors (Lipinski definition) is 2. The predicted molar refractivity (Wildman–Crippen MR) is 67.8 cm³/mol. The molecule has 1 aromatic heterocycles. The molecule has 0 spiro atoms. The molecule has 2 aromatic rings. The highest BCUT2D eigenvalue weighted by Crippen LogP contribution is 2.18. The second-order valence-electron chi connectivity index (χ2n) is 3.55. The second-order valence-corrected chi connectivity index (χ2v) is 3.55. The van der Waals surface area contributed by atoms with Crippen molar-refractivity contribution < 1.29 is 19.0 Å². The Morgan fingerprint density at radius 1 is 1.35 bits per heavy atom. The zero-order valence-electron chi connectivity index (χ0n) is 10.4. The van der Waals surface area contributed by atoms with Gasteiger partial charge in [-0.1, -0.05) is 17.3 Å². The van der Waals surface area contributed by atoms with E-state index in [1.807, 2.05) is 0 Å². The molecule has 0 aliphatic rings. The number of aromatic nitrogens is 2. The minimum atomic E-state index is -0.736. The topological polar surface area (TPSA) is 139 Å². The molecule has 1 heterocycles. The van der Waals surface area contributed by atoms with Crippen LogP contribution in [-0.4, -0.2) is 29.2 Å². The third-order valence-corrected chi connectivity index (χ3v) is 2.31. The van der Waals surface area contributed by atoms with Gasteiger partial charge in [0.15, 0.2) is 17.3 Å². The van der Waals surface area contributed by atoms with Crippen molar-refractivity contribution >= 4 is 17.6 Å². The molecule has 0 bridgehead atoms. The Hall–Kier alpha value is -3.10. The standard InChI is InChI=1S/C11H11N5O4/c1-18-7-5-3-2-4-6(7)11(17)19-15-9(12)8-10(13)16-20-14-8/h2-5H,1H3,(H2,12,15)(H2,13,16). The lowest BCUT2D eigenvalue weighted by Crippen LogP contribution is -2.17. The smallest absolute Gasteiger partial charge is 0.369 e. The third kappa shape index (κ3) is 2.66. The summed E-state index contributed by atoms with van der Waals surface area (Å²) in [6.45, 7) is 0. The fourth-order valence-corrected chi connectivity index (χ4v) is 1.37. The van der Waals surface area contributed by atoms with E-state index in [1.54, 1.807) is 18.2 Å². The maximum atomic E-state index is 11.8. The van der Waals surface area contributed by atoms with E-state index in [2.05, 4.69) is 20.1 Å². The molecule has 104 valence electrons. The minimum Gasteiger partial charge on any atom is -0.496 e. The van der Waals surface area contributed by atoms with Gasteiger partial charge in [0, 0.05) is 0 Å². The number of amidine groups is 1. The van der Waals surface area contributed by atoms with Gasteiger partial charge in [-0.25, -0.2) is 9.42 Å². The van der Waals surface area contributed by atoms with Crippen LogP contribution in [0, 0.1) is 0 Å². The van der Waals surface area contributed by atoms with Gasteiger partial charge < -0.3 is 21.0 Å². The summed E-state index contributed by atoms with van der Waals surface area (Å²) in [6.07, 6.45) is 0. The third-order valence-electron chi connectivity index (χ3n) is 2.31. The maximum Gasteiger partial charge on any atom is 0.369 e. The summed E-state index contributed by atoms with van der Waals surface area (Å²) in [5.74, 6) is -0.666. The molecule has 0 radical (unpaired) electrons. The molecule has 9 nitrogen and oxygen atoms in total. The van der Waals surface area contributed by atoms with E-state index in [4.69, 9.17) is 21.0 Å². The van der Waals surface area contributed by atoms with Crippen LogP contribution in [0.3, 0.4) is 0 Å². The number of nitrogens with zero attached hydrogens (tertiary/aromatic N) is 3. The number of oxime groups is 1. The molecule has 0 saturated heterocycles. The van der Waals surface area contributed by atoms with Gasteiger partial charge in [-0.2, -0.15) is 0 Å². The summed E-state index contributed by atoms with van der Waals surface area (Å²) in [6, 6.07) is 6.52. The first kappa shape index (κ1) is 13.3. The molecular formula is C11H11N5O4. The fraction of sp³-hybridized carbons (Fsp3) is 0.0909. The number of anilines is 1. The van der Waals surface area contributed by atoms with Gasteiger partial charge >= 0.3 is 5.97 Å². The average molecular weight is 277 g/mol. The molecule has 0 atom stereocenters. The summed E-state index contributed by atoms with van der Waals surface area (Å²) < 4.78 is 9.37. The van der Waals surface area contributed by atoms with Crippen LogP contribution < -0.4 is 16.2 Å². The Bertz CT molecular complexity index is 652. The van der Waals surface area contributed by atoms with Crippen LogP contribution in [0.4, 0.5) is 5.82 Å². The molecule has 0 unspecified atom stereocenters. The number of nitrogen functional groups attached to an aromatic ring is 1. The Balaban J connectivity index is 2.14. The summed E-state index contributed by atoms with van der Waals surface area (Å²) in [4.78, 5) is 16.5. The van der Waals surface area contributed by atoms with Crippen molar-refractivity contribution in [2.45, 2.75) is 0 Å². The van der Waals surface area contributed by atoms with E-state index in [-0.39, 0.29) is 22.9 Å². The predicted octanol–water partition coefficient (Wildman–Crippen LogP) is 0.138. The van der Waals surface area contributed by atoms with Crippen LogP contribution >= 0.6 is 0 Å². The number of benzene rings is 1. The highest BCUT2D eigenvalue weighted by molar-refractivity contribution is 5.99. The Labute approximate surface area is 113 Å². The second kappa shape index (κ2) is 5.69. The number of methoxy groups -OCH3 is 1. The van der Waals surface area contributed by atoms with Crippen LogP contribution in [0.1, 0.15) is 16.1 Å². The van der Waals surface area contributed by atoms with Crippen molar-refractivity contribution in [3.05, 3.63) is 35.5 Å². The van der Waals surface area contributed by atoms with Gasteiger partial charge in [0.25, 0.3) is 0 Å². The van der Waals surface area contributed by atoms with E-state index >= 15 is 0 Å². The normalized spacial score (nSPS) is 11.2. The summed E-state index contributed by atoms with van der Waals surface area (Å²) in [5, 5.41) is 10.2. The highest BCUT2D eigenvalue weighted by Gasteiger charge is 2.15. The minimum absolute atomic E-state index is 0.00201. The molecule has 0 saturated carbocycles. The first-order chi connectivity index (χ1) is 9.63. The number of ether oxygens (including phenoxy) is 1. The van der Waals surface area contributed by atoms with Crippen LogP contribution in [0.25, 0.3) is 0 Å². The van der Waals surface area contributed by atoms with E-state index in [1.165, 1.54) is 13.2 Å². The number of para-hydroxylation sites is 1. The fourth-order valence-electron chi connectivity index (χ4n) is 1.37. The molecule has 0 amide bonds. The quantitative estimate of drug-likeness (QED) is 0.348. The molecule has 1 aromatic carbocycles. The lowest BCUT2D eigenvalue weighted by molar-refractivity contribution is 0.0512. The van der Waals surface area contributed by atoms with Crippen molar-refractivity contribution in [1.29, 1.82) is 0 Å². The number of carbonyl (C=O) groups is 1. The Morgan fingerprint density at radius 2 is 2.10 bits per heavy atom. The summed E-state index contributed by atoms with van der Waals surface area (Å²) >= 11 is 0. The van der Waals surface area contributed by atoms with Crippen molar-refractivity contribution in [3.8, 4) is 5.75 Å². The van der Waals surface area contributed by atoms with Crippen LogP contribution in [0.2, 0.25) is 0 Å². The summed E-state index contributed by atoms with van der Waals surface area (Å²) in [5.41, 5.74) is 11.2. The number of carbonyl (C=O) groups excluding carboxylic acids is 1. The zero-order valence-corrected chi connectivity index (χ0v) is 10.4. The molecule has 0 aliphatic heterocycles. The molecule has 9 heteroatoms. The van der Waals surface area contributed by atoms with Gasteiger partial charge in [-0.05, 0) is 22.4 Å². The molecule has 2 rings (SSSR count). The van der Waals surface area contributed by atoms with E-state index in [9.17, 15) is 4.79 Å². The van der Waals surface area contributed by atoms with E-state index < -0.39 is 5.97 Å². The summed E-state index contributed by atoms with van der Waals surface area (Å²) in [7, 11) is 1.44. The van der Waals surface area contributed by atoms with Gasteiger partial charge in [0.05, 0.1) is 7.11 Å². The lowest BCUT2D eigenvalue weighted by Gasteiger charge is -2.04. The zero-order chi connectivity index (χ0) is 14.5. The van der Waals surface area contributed by atoms with Gasteiger partial charge in [-0.15, -0.1) is 0 Å². The Kier molecular flexibility index (Phi) is 3.80. The monoisotopic (exact) mass is 277 g/mol. The van der Waals surface area contributed by atoms with Crippen molar-refractivity contribution in [2.24, 2.45) is 10.9 Å². The molecule has 0 fully saturated rings. The highest BCUT2D eigenvalue weighted by atomic mass is 16.7. The largest absolute Gasteiger partial charge is 0.496 e. The van der Waals surface area contributed by atoms with E-state index in [0.29, 0.717) is 5.75 Å². The Morgan fingerprint density at radius 3 is 2.75 bits per heavy atom. The van der Waals surface area contributed by atoms with Crippen LogP contribution in [0.5, 0.6) is 5.75 Å². The first-order valence-corrected chi connectivity index (χ1v) is 5.39. The number of hydrogen-bond acceptors (Lipinski definition) is 8. The molecule has 0 aliphatic carbocycles. The lowest BCUT2D eigenvalue weighted by atomic mass is 10.2. The van der Waals surface area contributed by atoms with Gasteiger partial charge in [-0.3, -0.25) is 0 Å². The maximum absolute atomic E-state index is 11.8. The number of nitrogens with two attached hydrogens (primary N) is 2. The van der Waals surface area contributed by atoms with Crippen LogP contribution in [-0.2, 0) is 4.84 Å². The van der Waals surface area contributed by atoms with Crippen molar-refractivity contribution in [3.63, 3.8) is 0 Å². The van der Waals surface area contributed by atoms with E-state index in [0.717, 1.165) is 0 Å².